The highest BCUT2D eigenvalue weighted by Crippen LogP contribution is 2.22. The fraction of sp³-hybridized carbons (Fsp3) is 0.773. The lowest BCUT2D eigenvalue weighted by Crippen LogP contribution is -2.56. The highest BCUT2D eigenvalue weighted by atomic mass is 16.6. The molecule has 0 aliphatic carbocycles. The molecule has 10 nitrogen and oxygen atoms in total. The van der Waals surface area contributed by atoms with E-state index in [1.54, 1.807) is 34.6 Å². The molecule has 10 heteroatoms. The summed E-state index contributed by atoms with van der Waals surface area (Å²) >= 11 is 0. The third kappa shape index (κ3) is 6.93. The van der Waals surface area contributed by atoms with Crippen molar-refractivity contribution in [2.24, 2.45) is 11.8 Å². The van der Waals surface area contributed by atoms with Gasteiger partial charge in [0, 0.05) is 19.0 Å². The Labute approximate surface area is 189 Å². The quantitative estimate of drug-likeness (QED) is 0.465. The summed E-state index contributed by atoms with van der Waals surface area (Å²) in [6, 6.07) is -2.37. The highest BCUT2D eigenvalue weighted by molar-refractivity contribution is 5.93. The highest BCUT2D eigenvalue weighted by Gasteiger charge is 2.40. The molecule has 2 aliphatic heterocycles. The van der Waals surface area contributed by atoms with Crippen LogP contribution < -0.4 is 16.0 Å². The Bertz CT molecular complexity index is 732. The predicted molar refractivity (Wildman–Crippen MR) is 116 cm³/mol. The monoisotopic (exact) mass is 452 g/mol. The van der Waals surface area contributed by atoms with Crippen LogP contribution in [-0.4, -0.2) is 71.8 Å². The van der Waals surface area contributed by atoms with Crippen molar-refractivity contribution in [2.45, 2.75) is 84.0 Å². The zero-order chi connectivity index (χ0) is 24.1. The Hall–Kier alpha value is -2.65. The molecular weight excluding hydrogens is 416 g/mol. The molecule has 2 heterocycles. The maximum absolute atomic E-state index is 13.2. The smallest absolute Gasteiger partial charge is 0.408 e. The van der Waals surface area contributed by atoms with Gasteiger partial charge in [0.25, 0.3) is 0 Å². The second-order valence-corrected chi connectivity index (χ2v) is 9.82. The van der Waals surface area contributed by atoms with Crippen molar-refractivity contribution in [2.75, 3.05) is 13.1 Å². The van der Waals surface area contributed by atoms with E-state index in [2.05, 4.69) is 16.0 Å². The molecule has 4 atom stereocenters. The molecule has 2 aliphatic rings. The van der Waals surface area contributed by atoms with Crippen LogP contribution in [0.1, 0.15) is 60.3 Å². The van der Waals surface area contributed by atoms with Crippen LogP contribution in [0.25, 0.3) is 0 Å². The molecule has 0 aromatic carbocycles. The third-order valence-corrected chi connectivity index (χ3v) is 5.64. The Morgan fingerprint density at radius 1 is 1.22 bits per heavy atom. The summed E-state index contributed by atoms with van der Waals surface area (Å²) in [6.07, 6.45) is 1.89. The fourth-order valence-electron chi connectivity index (χ4n) is 4.03. The number of rotatable bonds is 8. The minimum Gasteiger partial charge on any atom is -0.444 e. The Balaban J connectivity index is 2.03. The number of aldehydes is 1. The molecule has 2 fully saturated rings. The Kier molecular flexibility index (Phi) is 8.63. The molecule has 4 amide bonds. The topological polar surface area (TPSA) is 134 Å². The number of nitrogens with one attached hydrogen (secondary N) is 3. The van der Waals surface area contributed by atoms with Crippen molar-refractivity contribution in [3.63, 3.8) is 0 Å². The minimum absolute atomic E-state index is 0.114. The van der Waals surface area contributed by atoms with Gasteiger partial charge in [0.05, 0.1) is 6.04 Å². The lowest BCUT2D eigenvalue weighted by Gasteiger charge is -2.31. The van der Waals surface area contributed by atoms with Gasteiger partial charge in [0.15, 0.2) is 0 Å². The third-order valence-electron chi connectivity index (χ3n) is 5.64. The molecule has 0 bridgehead atoms. The summed E-state index contributed by atoms with van der Waals surface area (Å²) < 4.78 is 5.27. The molecule has 2 rings (SSSR count). The van der Waals surface area contributed by atoms with Crippen LogP contribution in [0, 0.1) is 11.8 Å². The van der Waals surface area contributed by atoms with E-state index in [9.17, 15) is 24.0 Å². The summed E-state index contributed by atoms with van der Waals surface area (Å²) in [5, 5.41) is 8.03. The van der Waals surface area contributed by atoms with E-state index in [0.29, 0.717) is 38.6 Å². The lowest BCUT2D eigenvalue weighted by atomic mass is 9.98. The van der Waals surface area contributed by atoms with E-state index in [4.69, 9.17) is 4.74 Å². The first-order valence-electron chi connectivity index (χ1n) is 11.3. The van der Waals surface area contributed by atoms with Gasteiger partial charge in [-0.25, -0.2) is 4.79 Å². The minimum atomic E-state index is -0.845. The van der Waals surface area contributed by atoms with Gasteiger partial charge in [-0.2, -0.15) is 0 Å². The number of carbonyl (C=O) groups excluding carboxylic acids is 5. The summed E-state index contributed by atoms with van der Waals surface area (Å²) in [6.45, 7) is 9.76. The number of likely N-dealkylation sites (tertiary alicyclic amines) is 1. The number of nitrogens with zero attached hydrogens (tertiary/aromatic N) is 1. The maximum Gasteiger partial charge on any atom is 0.408 e. The van der Waals surface area contributed by atoms with Crippen molar-refractivity contribution in [1.29, 1.82) is 0 Å². The van der Waals surface area contributed by atoms with Crippen molar-refractivity contribution >= 4 is 30.1 Å². The predicted octanol–water partition coefficient (Wildman–Crippen LogP) is 0.737. The Morgan fingerprint density at radius 2 is 1.91 bits per heavy atom. The van der Waals surface area contributed by atoms with E-state index < -0.39 is 35.7 Å². The van der Waals surface area contributed by atoms with E-state index in [-0.39, 0.29) is 30.1 Å². The molecule has 2 saturated heterocycles. The van der Waals surface area contributed by atoms with Gasteiger partial charge in [-0.05, 0) is 52.4 Å². The molecule has 0 radical (unpaired) electrons. The number of ether oxygens (including phenoxy) is 1. The van der Waals surface area contributed by atoms with E-state index in [1.165, 1.54) is 4.90 Å². The first kappa shape index (κ1) is 25.6. The first-order valence-corrected chi connectivity index (χ1v) is 11.3. The molecule has 0 unspecified atom stereocenters. The fourth-order valence-corrected chi connectivity index (χ4v) is 4.03. The van der Waals surface area contributed by atoms with Crippen molar-refractivity contribution in [3.8, 4) is 0 Å². The van der Waals surface area contributed by atoms with Gasteiger partial charge < -0.3 is 30.4 Å². The van der Waals surface area contributed by atoms with Crippen LogP contribution in [0.5, 0.6) is 0 Å². The summed E-state index contributed by atoms with van der Waals surface area (Å²) in [5.74, 6) is -1.43. The molecule has 32 heavy (non-hydrogen) atoms. The number of carbonyl (C=O) groups is 5. The van der Waals surface area contributed by atoms with Gasteiger partial charge >= 0.3 is 6.09 Å². The van der Waals surface area contributed by atoms with Gasteiger partial charge in [-0.3, -0.25) is 14.4 Å². The zero-order valence-corrected chi connectivity index (χ0v) is 19.6. The van der Waals surface area contributed by atoms with Gasteiger partial charge in [0.2, 0.25) is 17.7 Å². The van der Waals surface area contributed by atoms with Crippen LogP contribution in [-0.2, 0) is 23.9 Å². The molecular formula is C22H36N4O6. The van der Waals surface area contributed by atoms with Crippen LogP contribution in [0.3, 0.4) is 0 Å². The Morgan fingerprint density at radius 3 is 2.44 bits per heavy atom. The normalized spacial score (nSPS) is 22.8. The number of alkyl carbamates (subject to hydrolysis) is 1. The number of hydrogen-bond donors (Lipinski definition) is 3. The van der Waals surface area contributed by atoms with E-state index >= 15 is 0 Å². The summed E-state index contributed by atoms with van der Waals surface area (Å²) in [4.78, 5) is 63.1. The van der Waals surface area contributed by atoms with Crippen LogP contribution in [0.4, 0.5) is 4.79 Å². The van der Waals surface area contributed by atoms with Gasteiger partial charge in [-0.1, -0.05) is 13.8 Å². The van der Waals surface area contributed by atoms with Crippen molar-refractivity contribution in [3.05, 3.63) is 0 Å². The molecule has 0 spiro atoms. The molecule has 0 aromatic rings. The van der Waals surface area contributed by atoms with Crippen LogP contribution in [0.2, 0.25) is 0 Å². The summed E-state index contributed by atoms with van der Waals surface area (Å²) in [5.41, 5.74) is -0.704. The standard InChI is InChI=1S/C22H36N4O6/c1-13(2)17(25-21(31)32-22(3,4)5)20(30)26-10-6-7-16(26)19(29)24-15(12-27)11-14-8-9-23-18(14)28/h12-17H,6-11H2,1-5H3,(H,23,28)(H,24,29)(H,25,31)/t14-,15-,16-,17-/m0/s1. The van der Waals surface area contributed by atoms with Crippen molar-refractivity contribution in [1.82, 2.24) is 20.9 Å². The lowest BCUT2D eigenvalue weighted by molar-refractivity contribution is -0.141. The average Bonchev–Trinajstić information content (AvgIpc) is 3.32. The van der Waals surface area contributed by atoms with Gasteiger partial charge in [0.1, 0.15) is 24.0 Å². The summed E-state index contributed by atoms with van der Waals surface area (Å²) in [7, 11) is 0. The molecule has 180 valence electrons. The first-order chi connectivity index (χ1) is 14.9. The van der Waals surface area contributed by atoms with E-state index in [0.717, 1.165) is 0 Å². The van der Waals surface area contributed by atoms with Crippen molar-refractivity contribution < 1.29 is 28.7 Å². The molecule has 3 N–H and O–H groups in total. The van der Waals surface area contributed by atoms with Crippen LogP contribution >= 0.6 is 0 Å². The van der Waals surface area contributed by atoms with Crippen LogP contribution in [0.15, 0.2) is 0 Å². The number of amides is 4. The average molecular weight is 453 g/mol. The largest absolute Gasteiger partial charge is 0.444 e. The maximum atomic E-state index is 13.2. The number of hydrogen-bond acceptors (Lipinski definition) is 6. The SMILES string of the molecule is CC(C)[C@H](NC(=O)OC(C)(C)C)C(=O)N1CCC[C@H]1C(=O)N[C@H](C=O)C[C@@H]1CCNC1=O. The second kappa shape index (κ2) is 10.8. The second-order valence-electron chi connectivity index (χ2n) is 9.82. The molecule has 0 saturated carbocycles. The molecule has 0 aromatic heterocycles. The van der Waals surface area contributed by atoms with E-state index in [1.807, 2.05) is 0 Å². The zero-order valence-electron chi connectivity index (χ0n) is 19.6. The van der Waals surface area contributed by atoms with Gasteiger partial charge in [-0.15, -0.1) is 0 Å².